The van der Waals surface area contributed by atoms with E-state index in [9.17, 15) is 0 Å². The Morgan fingerprint density at radius 1 is 1.47 bits per heavy atom. The zero-order chi connectivity index (χ0) is 14.3. The molecule has 6 nitrogen and oxygen atoms in total. The predicted octanol–water partition coefficient (Wildman–Crippen LogP) is 1.91. The Bertz CT molecular complexity index is 549. The van der Waals surface area contributed by atoms with E-state index >= 15 is 0 Å². The minimum absolute atomic E-state index is 0.530. The van der Waals surface area contributed by atoms with Crippen molar-refractivity contribution in [3.8, 4) is 0 Å². The predicted molar refractivity (Wildman–Crippen MR) is 75.6 cm³/mol. The van der Waals surface area contributed by atoms with Crippen molar-refractivity contribution in [2.24, 2.45) is 17.3 Å². The molecule has 0 unspecified atom stereocenters. The topological polar surface area (TPSA) is 72.4 Å². The van der Waals surface area contributed by atoms with Gasteiger partial charge in [0.05, 0.1) is 12.7 Å². The molecule has 0 atom stereocenters. The molecule has 0 aliphatic heterocycles. The smallest absolute Gasteiger partial charge is 0.173 e. The Kier molecular flexibility index (Phi) is 5.95. The number of nitrogens with two attached hydrogens (primary N) is 1. The van der Waals surface area contributed by atoms with Crippen molar-refractivity contribution in [3.05, 3.63) is 36.3 Å². The Hall–Kier alpha value is -1.95. The summed E-state index contributed by atoms with van der Waals surface area (Å²) in [6.07, 6.45) is 7.10. The first kappa shape index (κ1) is 15.1. The fraction of sp³-hybridized carbons (Fsp3) is 0.333. The largest absolute Gasteiger partial charge is 0.382 e. The molecule has 2 aromatic rings. The number of nitrogen functional groups attached to an aromatic ring is 1. The highest BCUT2D eigenvalue weighted by Crippen LogP contribution is 2.21. The molecule has 0 aromatic carbocycles. The molecule has 0 spiro atoms. The van der Waals surface area contributed by atoms with Gasteiger partial charge in [-0.1, -0.05) is 0 Å². The maximum absolute atomic E-state index is 5.92. The number of halogens is 1. The van der Waals surface area contributed by atoms with Gasteiger partial charge in [-0.2, -0.15) is 15.3 Å². The van der Waals surface area contributed by atoms with Crippen molar-refractivity contribution in [1.82, 2.24) is 9.78 Å². The second-order valence-electron chi connectivity index (χ2n) is 3.75. The second-order valence-corrected chi connectivity index (χ2v) is 3.75. The molecule has 102 valence electrons. The van der Waals surface area contributed by atoms with Crippen LogP contribution in [-0.4, -0.2) is 23.2 Å². The molecule has 0 amide bonds. The summed E-state index contributed by atoms with van der Waals surface area (Å²) in [5.41, 5.74) is 7.65. The third-order valence-corrected chi connectivity index (χ3v) is 2.40. The Labute approximate surface area is 117 Å². The first-order chi connectivity index (χ1) is 9.20. The van der Waals surface area contributed by atoms with Crippen LogP contribution in [0.15, 0.2) is 41.0 Å². The second kappa shape index (κ2) is 7.48. The van der Waals surface area contributed by atoms with Gasteiger partial charge in [0.1, 0.15) is 18.6 Å². The number of hydrogen-bond donors (Lipinski definition) is 1. The number of pyridine rings is 1. The number of azo groups is 1. The van der Waals surface area contributed by atoms with Crippen molar-refractivity contribution in [1.29, 1.82) is 0 Å². The third-order valence-electron chi connectivity index (χ3n) is 2.40. The quantitative estimate of drug-likeness (QED) is 0.530. The first-order valence-corrected chi connectivity index (χ1v) is 6.39. The van der Waals surface area contributed by atoms with E-state index in [1.807, 2.05) is 36.1 Å². The van der Waals surface area contributed by atoms with Gasteiger partial charge in [-0.05, 0) is 6.07 Å². The van der Waals surface area contributed by atoms with E-state index in [4.69, 9.17) is 5.73 Å². The highest BCUT2D eigenvalue weighted by molar-refractivity contribution is 6.15. The Morgan fingerprint density at radius 3 is 2.84 bits per heavy atom. The molecular weight excluding hydrogens is 264 g/mol. The van der Waals surface area contributed by atoms with Crippen LogP contribution in [0.2, 0.25) is 0 Å². The standard InChI is InChI=1S/C11H15N6.CH3Cl/c1-13-15-10-6-14-17(11(10)12)8-9-4-3-5-16(2)7-9;1-2/h3-7H,8,12H2,1-2H3;1H3/q+1;. The Morgan fingerprint density at radius 2 is 2.21 bits per heavy atom. The molecule has 2 rings (SSSR count). The van der Waals surface area contributed by atoms with Gasteiger partial charge < -0.3 is 5.73 Å². The summed E-state index contributed by atoms with van der Waals surface area (Å²) in [7, 11) is 3.58. The lowest BCUT2D eigenvalue weighted by Crippen LogP contribution is -2.27. The molecule has 0 bridgehead atoms. The molecule has 7 heteroatoms. The van der Waals surface area contributed by atoms with Crippen molar-refractivity contribution < 1.29 is 4.57 Å². The summed E-state index contributed by atoms with van der Waals surface area (Å²) in [6.45, 7) is 0.625. The Balaban J connectivity index is 0.000000861. The molecular formula is C12H18ClN6+. The van der Waals surface area contributed by atoms with E-state index in [1.54, 1.807) is 17.9 Å². The minimum Gasteiger partial charge on any atom is -0.382 e. The van der Waals surface area contributed by atoms with Crippen molar-refractivity contribution in [2.45, 2.75) is 6.54 Å². The van der Waals surface area contributed by atoms with Gasteiger partial charge in [0, 0.05) is 25.1 Å². The maximum atomic E-state index is 5.92. The van der Waals surface area contributed by atoms with Crippen LogP contribution < -0.4 is 10.3 Å². The number of hydrogen-bond acceptors (Lipinski definition) is 4. The zero-order valence-electron chi connectivity index (χ0n) is 11.3. The minimum atomic E-state index is 0.530. The summed E-state index contributed by atoms with van der Waals surface area (Å²) >= 11 is 4.64. The lowest BCUT2D eigenvalue weighted by molar-refractivity contribution is -0.671. The van der Waals surface area contributed by atoms with Crippen LogP contribution in [0.1, 0.15) is 5.56 Å². The van der Waals surface area contributed by atoms with Crippen LogP contribution in [0, 0.1) is 0 Å². The summed E-state index contributed by atoms with van der Waals surface area (Å²) < 4.78 is 3.70. The SMILES string of the molecule is CCl.CN=Nc1cnn(Cc2ccc[n+](C)c2)c1N. The highest BCUT2D eigenvalue weighted by Gasteiger charge is 2.08. The zero-order valence-corrected chi connectivity index (χ0v) is 12.0. The summed E-state index contributed by atoms with van der Waals surface area (Å²) in [4.78, 5) is 0. The molecule has 0 saturated heterocycles. The van der Waals surface area contributed by atoms with Crippen LogP contribution in [0.4, 0.5) is 11.5 Å². The van der Waals surface area contributed by atoms with Gasteiger partial charge in [-0.25, -0.2) is 9.25 Å². The first-order valence-electron chi connectivity index (χ1n) is 5.64. The molecule has 0 fully saturated rings. The van der Waals surface area contributed by atoms with E-state index in [-0.39, 0.29) is 0 Å². The van der Waals surface area contributed by atoms with Crippen molar-refractivity contribution in [2.75, 3.05) is 19.2 Å². The van der Waals surface area contributed by atoms with Crippen LogP contribution in [0.5, 0.6) is 0 Å². The summed E-state index contributed by atoms with van der Waals surface area (Å²) in [5.74, 6) is 0.530. The third kappa shape index (κ3) is 4.03. The average Bonchev–Trinajstić information content (AvgIpc) is 2.75. The average molecular weight is 282 g/mol. The fourth-order valence-electron chi connectivity index (χ4n) is 1.61. The van der Waals surface area contributed by atoms with Gasteiger partial charge >= 0.3 is 0 Å². The molecule has 0 saturated carbocycles. The van der Waals surface area contributed by atoms with E-state index in [0.717, 1.165) is 5.56 Å². The molecule has 2 N–H and O–H groups in total. The molecule has 2 aromatic heterocycles. The van der Waals surface area contributed by atoms with Gasteiger partial charge in [0.15, 0.2) is 12.4 Å². The van der Waals surface area contributed by atoms with E-state index < -0.39 is 0 Å². The number of aromatic nitrogens is 3. The lowest BCUT2D eigenvalue weighted by Gasteiger charge is -2.02. The monoisotopic (exact) mass is 281 g/mol. The fourth-order valence-corrected chi connectivity index (χ4v) is 1.61. The number of aryl methyl sites for hydroxylation is 1. The van der Waals surface area contributed by atoms with Crippen LogP contribution in [0.3, 0.4) is 0 Å². The van der Waals surface area contributed by atoms with Gasteiger partial charge in [-0.3, -0.25) is 0 Å². The van der Waals surface area contributed by atoms with Crippen molar-refractivity contribution >= 4 is 23.1 Å². The number of nitrogens with zero attached hydrogens (tertiary/aromatic N) is 5. The van der Waals surface area contributed by atoms with Gasteiger partial charge in [-0.15, -0.1) is 11.6 Å². The van der Waals surface area contributed by atoms with Gasteiger partial charge in [0.25, 0.3) is 0 Å². The van der Waals surface area contributed by atoms with Crippen molar-refractivity contribution in [3.63, 3.8) is 0 Å². The normalized spacial score (nSPS) is 10.3. The van der Waals surface area contributed by atoms with E-state index in [1.165, 1.54) is 6.38 Å². The summed E-state index contributed by atoms with van der Waals surface area (Å²) in [6, 6.07) is 4.02. The highest BCUT2D eigenvalue weighted by atomic mass is 35.5. The maximum Gasteiger partial charge on any atom is 0.173 e. The molecule has 19 heavy (non-hydrogen) atoms. The number of rotatable bonds is 3. The van der Waals surface area contributed by atoms with Crippen LogP contribution in [-0.2, 0) is 13.6 Å². The molecule has 2 heterocycles. The lowest BCUT2D eigenvalue weighted by atomic mass is 10.3. The van der Waals surface area contributed by atoms with E-state index in [2.05, 4.69) is 26.9 Å². The molecule has 0 radical (unpaired) electrons. The van der Waals surface area contributed by atoms with Crippen LogP contribution in [0.25, 0.3) is 0 Å². The van der Waals surface area contributed by atoms with Gasteiger partial charge in [0.2, 0.25) is 0 Å². The molecule has 0 aliphatic carbocycles. The number of alkyl halides is 1. The molecule has 0 aliphatic rings. The summed E-state index contributed by atoms with van der Waals surface area (Å²) in [5, 5.41) is 11.8. The van der Waals surface area contributed by atoms with E-state index in [0.29, 0.717) is 18.1 Å². The van der Waals surface area contributed by atoms with Crippen LogP contribution >= 0.6 is 11.6 Å². The number of anilines is 1.